The number of aromatic nitrogens is 1. The Morgan fingerprint density at radius 3 is 2.33 bits per heavy atom. The van der Waals surface area contributed by atoms with Gasteiger partial charge in [-0.25, -0.2) is 0 Å². The van der Waals surface area contributed by atoms with E-state index in [2.05, 4.69) is 10.1 Å². The van der Waals surface area contributed by atoms with Crippen molar-refractivity contribution in [3.05, 3.63) is 42.2 Å². The number of ether oxygens (including phenoxy) is 2. The second-order valence-electron chi connectivity index (χ2n) is 4.81. The Hall–Kier alpha value is -1.69. The smallest absolute Gasteiger partial charge is 0.151 e. The van der Waals surface area contributed by atoms with Crippen molar-refractivity contribution < 1.29 is 14.0 Å². The maximum Gasteiger partial charge on any atom is 0.151 e. The third-order valence-corrected chi connectivity index (χ3v) is 3.23. The third kappa shape index (κ3) is 4.97. The van der Waals surface area contributed by atoms with Gasteiger partial charge in [0.15, 0.2) is 5.76 Å². The molecule has 0 fully saturated rings. The molecule has 2 aromatic rings. The summed E-state index contributed by atoms with van der Waals surface area (Å²) in [6, 6.07) is 12.0. The fraction of sp³-hybridized carbons (Fsp3) is 0.438. The summed E-state index contributed by atoms with van der Waals surface area (Å²) in [7, 11) is 3.41. The van der Waals surface area contributed by atoms with Crippen LogP contribution in [0.2, 0.25) is 0 Å². The Morgan fingerprint density at radius 1 is 1.05 bits per heavy atom. The van der Waals surface area contributed by atoms with Gasteiger partial charge in [-0.1, -0.05) is 35.5 Å². The van der Waals surface area contributed by atoms with Crippen LogP contribution in [0.1, 0.15) is 5.76 Å². The van der Waals surface area contributed by atoms with Gasteiger partial charge in [-0.2, -0.15) is 0 Å². The highest BCUT2D eigenvalue weighted by atomic mass is 16.5. The molecular weight excluding hydrogens is 268 g/mol. The van der Waals surface area contributed by atoms with Gasteiger partial charge in [-0.3, -0.25) is 4.90 Å². The van der Waals surface area contributed by atoms with E-state index in [1.54, 1.807) is 14.2 Å². The van der Waals surface area contributed by atoms with Crippen molar-refractivity contribution in [1.82, 2.24) is 10.1 Å². The molecule has 0 aliphatic heterocycles. The lowest BCUT2D eigenvalue weighted by Crippen LogP contribution is -2.30. The molecule has 1 heterocycles. The van der Waals surface area contributed by atoms with Crippen LogP contribution >= 0.6 is 0 Å². The highest BCUT2D eigenvalue weighted by Gasteiger charge is 2.11. The van der Waals surface area contributed by atoms with Crippen molar-refractivity contribution in [3.63, 3.8) is 0 Å². The summed E-state index contributed by atoms with van der Waals surface area (Å²) in [5.74, 6) is 0.848. The zero-order valence-corrected chi connectivity index (χ0v) is 12.6. The van der Waals surface area contributed by atoms with Crippen LogP contribution in [0.5, 0.6) is 0 Å². The van der Waals surface area contributed by atoms with Crippen molar-refractivity contribution >= 4 is 0 Å². The predicted molar refractivity (Wildman–Crippen MR) is 81.0 cm³/mol. The molecule has 0 aliphatic rings. The molecule has 0 aliphatic carbocycles. The van der Waals surface area contributed by atoms with Gasteiger partial charge in [-0.15, -0.1) is 0 Å². The van der Waals surface area contributed by atoms with Crippen LogP contribution in [0, 0.1) is 0 Å². The summed E-state index contributed by atoms with van der Waals surface area (Å²) in [5.41, 5.74) is 1.93. The number of hydrogen-bond donors (Lipinski definition) is 0. The normalized spacial score (nSPS) is 11.2. The van der Waals surface area contributed by atoms with E-state index in [0.29, 0.717) is 19.8 Å². The van der Waals surface area contributed by atoms with Crippen molar-refractivity contribution in [3.8, 4) is 11.3 Å². The lowest BCUT2D eigenvalue weighted by Gasteiger charge is -2.19. The van der Waals surface area contributed by atoms with Crippen molar-refractivity contribution in [1.29, 1.82) is 0 Å². The maximum absolute atomic E-state index is 5.44. The fourth-order valence-electron chi connectivity index (χ4n) is 2.06. The zero-order chi connectivity index (χ0) is 14.9. The molecule has 5 heteroatoms. The highest BCUT2D eigenvalue weighted by Crippen LogP contribution is 2.19. The molecule has 21 heavy (non-hydrogen) atoms. The maximum atomic E-state index is 5.44. The van der Waals surface area contributed by atoms with Gasteiger partial charge in [-0.05, 0) is 0 Å². The topological polar surface area (TPSA) is 47.7 Å². The average Bonchev–Trinajstić information content (AvgIpc) is 2.99. The van der Waals surface area contributed by atoms with Gasteiger partial charge in [0.2, 0.25) is 0 Å². The average molecular weight is 290 g/mol. The van der Waals surface area contributed by atoms with E-state index >= 15 is 0 Å². The van der Waals surface area contributed by atoms with Crippen LogP contribution in [-0.2, 0) is 16.0 Å². The number of methoxy groups -OCH3 is 2. The van der Waals surface area contributed by atoms with Crippen LogP contribution in [0.3, 0.4) is 0 Å². The molecule has 1 aromatic heterocycles. The van der Waals surface area contributed by atoms with Gasteiger partial charge in [0.1, 0.15) is 5.69 Å². The standard InChI is InChI=1S/C16H22N2O3/c1-19-10-8-18(9-11-20-2)13-15-12-16(17-21-15)14-6-4-3-5-7-14/h3-7,12H,8-11,13H2,1-2H3. The molecule has 2 rings (SSSR count). The minimum absolute atomic E-state index is 0.684. The van der Waals surface area contributed by atoms with E-state index < -0.39 is 0 Å². The first-order valence-corrected chi connectivity index (χ1v) is 7.04. The predicted octanol–water partition coefficient (Wildman–Crippen LogP) is 2.44. The van der Waals surface area contributed by atoms with E-state index in [1.165, 1.54) is 0 Å². The number of nitrogens with zero attached hydrogens (tertiary/aromatic N) is 2. The summed E-state index contributed by atoms with van der Waals surface area (Å²) in [6.07, 6.45) is 0. The molecule has 0 amide bonds. The first-order chi connectivity index (χ1) is 10.3. The first-order valence-electron chi connectivity index (χ1n) is 7.04. The van der Waals surface area contributed by atoms with E-state index in [4.69, 9.17) is 14.0 Å². The second kappa shape index (κ2) is 8.56. The van der Waals surface area contributed by atoms with Crippen molar-refractivity contribution in [2.75, 3.05) is 40.5 Å². The van der Waals surface area contributed by atoms with Gasteiger partial charge in [0.05, 0.1) is 19.8 Å². The molecule has 0 saturated heterocycles. The minimum atomic E-state index is 0.684. The molecule has 0 atom stereocenters. The summed E-state index contributed by atoms with van der Waals surface area (Å²) in [5, 5.41) is 4.14. The van der Waals surface area contributed by atoms with Gasteiger partial charge in [0, 0.05) is 38.9 Å². The minimum Gasteiger partial charge on any atom is -0.383 e. The molecule has 114 valence electrons. The van der Waals surface area contributed by atoms with Crippen LogP contribution < -0.4 is 0 Å². The van der Waals surface area contributed by atoms with Crippen LogP contribution in [0.25, 0.3) is 11.3 Å². The Kier molecular flexibility index (Phi) is 6.40. The molecule has 5 nitrogen and oxygen atoms in total. The zero-order valence-electron chi connectivity index (χ0n) is 12.6. The van der Waals surface area contributed by atoms with Gasteiger partial charge >= 0.3 is 0 Å². The molecule has 0 spiro atoms. The Balaban J connectivity index is 1.98. The number of benzene rings is 1. The van der Waals surface area contributed by atoms with Crippen LogP contribution in [-0.4, -0.2) is 50.6 Å². The summed E-state index contributed by atoms with van der Waals surface area (Å²) in [4.78, 5) is 2.22. The van der Waals surface area contributed by atoms with E-state index in [9.17, 15) is 0 Å². The summed E-state index contributed by atoms with van der Waals surface area (Å²) >= 11 is 0. The van der Waals surface area contributed by atoms with Crippen LogP contribution in [0.15, 0.2) is 40.9 Å². The number of rotatable bonds is 9. The number of hydrogen-bond acceptors (Lipinski definition) is 5. The largest absolute Gasteiger partial charge is 0.383 e. The highest BCUT2D eigenvalue weighted by molar-refractivity contribution is 5.58. The third-order valence-electron chi connectivity index (χ3n) is 3.23. The van der Waals surface area contributed by atoms with E-state index in [1.807, 2.05) is 36.4 Å². The van der Waals surface area contributed by atoms with Crippen LogP contribution in [0.4, 0.5) is 0 Å². The summed E-state index contributed by atoms with van der Waals surface area (Å²) in [6.45, 7) is 3.74. The molecule has 0 saturated carbocycles. The fourth-order valence-corrected chi connectivity index (χ4v) is 2.06. The monoisotopic (exact) mass is 290 g/mol. The molecule has 1 aromatic carbocycles. The molecule has 0 N–H and O–H groups in total. The quantitative estimate of drug-likeness (QED) is 0.710. The Bertz CT molecular complexity index is 505. The molecular formula is C16H22N2O3. The van der Waals surface area contributed by atoms with Gasteiger partial charge < -0.3 is 14.0 Å². The lowest BCUT2D eigenvalue weighted by molar-refractivity contribution is 0.104. The Labute approximate surface area is 125 Å². The first kappa shape index (κ1) is 15.7. The van der Waals surface area contributed by atoms with Crippen molar-refractivity contribution in [2.45, 2.75) is 6.54 Å². The molecule has 0 unspecified atom stereocenters. The Morgan fingerprint density at radius 2 is 1.71 bits per heavy atom. The van der Waals surface area contributed by atoms with E-state index in [0.717, 1.165) is 30.1 Å². The SMILES string of the molecule is COCCN(CCOC)Cc1cc(-c2ccccc2)no1. The molecule has 0 radical (unpaired) electrons. The second-order valence-corrected chi connectivity index (χ2v) is 4.81. The van der Waals surface area contributed by atoms with E-state index in [-0.39, 0.29) is 0 Å². The summed E-state index contributed by atoms with van der Waals surface area (Å²) < 4.78 is 15.7. The van der Waals surface area contributed by atoms with Crippen molar-refractivity contribution in [2.24, 2.45) is 0 Å². The van der Waals surface area contributed by atoms with Gasteiger partial charge in [0.25, 0.3) is 0 Å². The molecule has 0 bridgehead atoms. The lowest BCUT2D eigenvalue weighted by atomic mass is 10.1.